The van der Waals surface area contributed by atoms with Crippen molar-refractivity contribution in [2.45, 2.75) is 19.9 Å². The van der Waals surface area contributed by atoms with Crippen molar-refractivity contribution in [3.8, 4) is 0 Å². The highest BCUT2D eigenvalue weighted by atomic mass is 31.1. The molecule has 0 spiro atoms. The minimum Gasteiger partial charge on any atom is -0.280 e. The smallest absolute Gasteiger partial charge is 0.0653 e. The lowest BCUT2D eigenvalue weighted by molar-refractivity contribution is 1.07. The average molecular weight is 878 g/mol. The topological polar surface area (TPSA) is 12.4 Å². The Morgan fingerprint density at radius 2 is 0.594 bits per heavy atom. The van der Waals surface area contributed by atoms with Gasteiger partial charge in [-0.1, -0.05) is 262 Å². The fourth-order valence-corrected chi connectivity index (χ4v) is 15.0. The molecule has 0 aliphatic carbocycles. The molecule has 9 aromatic rings. The van der Waals surface area contributed by atoms with Crippen LogP contribution in [0.4, 0.5) is 0 Å². The Kier molecular flexibility index (Phi) is 14.3. The lowest BCUT2D eigenvalue weighted by Crippen LogP contribution is -2.20. The van der Waals surface area contributed by atoms with Crippen LogP contribution in [0.1, 0.15) is 30.0 Å². The first-order valence-corrected chi connectivity index (χ1v) is 26.0. The van der Waals surface area contributed by atoms with Crippen LogP contribution in [-0.4, -0.2) is 5.71 Å². The van der Waals surface area contributed by atoms with Crippen LogP contribution in [0.3, 0.4) is 0 Å². The van der Waals surface area contributed by atoms with Crippen LogP contribution in [0.2, 0.25) is 0 Å². The van der Waals surface area contributed by atoms with E-state index in [0.717, 1.165) is 17.7 Å². The first kappa shape index (κ1) is 43.0. The van der Waals surface area contributed by atoms with Crippen LogP contribution in [0.5, 0.6) is 0 Å². The van der Waals surface area contributed by atoms with Gasteiger partial charge in [0.25, 0.3) is 0 Å². The number of rotatable bonds is 15. The van der Waals surface area contributed by atoms with Crippen molar-refractivity contribution in [1.82, 2.24) is 0 Å². The fourth-order valence-electron chi connectivity index (χ4n) is 8.11. The molecule has 0 aromatic heterocycles. The second-order valence-electron chi connectivity index (χ2n) is 15.5. The summed E-state index contributed by atoms with van der Waals surface area (Å²) >= 11 is 0. The lowest BCUT2D eigenvalue weighted by Gasteiger charge is -2.20. The Bertz CT molecular complexity index is 2770. The highest BCUT2D eigenvalue weighted by molar-refractivity contribution is 7.80. The summed E-state index contributed by atoms with van der Waals surface area (Å²) < 4.78 is 0. The van der Waals surface area contributed by atoms with Crippen molar-refractivity contribution in [3.63, 3.8) is 0 Å². The molecule has 0 aliphatic rings. The van der Waals surface area contributed by atoms with Crippen molar-refractivity contribution in [1.29, 1.82) is 0 Å². The average Bonchev–Trinajstić information content (AvgIpc) is 3.37. The van der Waals surface area contributed by atoms with Gasteiger partial charge in [-0.3, -0.25) is 4.99 Å². The second kappa shape index (κ2) is 21.4. The summed E-state index contributed by atoms with van der Waals surface area (Å²) in [6.07, 6.45) is 3.21. The molecule has 0 saturated carbocycles. The van der Waals surface area contributed by atoms with Crippen molar-refractivity contribution in [2.24, 2.45) is 4.99 Å². The van der Waals surface area contributed by atoms with Gasteiger partial charge < -0.3 is 0 Å². The van der Waals surface area contributed by atoms with E-state index >= 15 is 0 Å². The number of benzene rings is 9. The van der Waals surface area contributed by atoms with E-state index in [0.29, 0.717) is 6.54 Å². The molecule has 0 fully saturated rings. The molecular weight excluding hydrogens is 828 g/mol. The zero-order chi connectivity index (χ0) is 43.3. The van der Waals surface area contributed by atoms with Crippen molar-refractivity contribution in [2.75, 3.05) is 0 Å². The lowest BCUT2D eigenvalue weighted by atomic mass is 9.99. The monoisotopic (exact) mass is 877 g/mol. The maximum Gasteiger partial charge on any atom is 0.0653 e. The van der Waals surface area contributed by atoms with Crippen LogP contribution < -0.4 is 47.7 Å². The highest BCUT2D eigenvalue weighted by Crippen LogP contribution is 2.35. The van der Waals surface area contributed by atoms with Gasteiger partial charge in [0.2, 0.25) is 0 Å². The zero-order valence-corrected chi connectivity index (χ0v) is 38.7. The molecule has 0 N–H and O–H groups in total. The van der Waals surface area contributed by atoms with E-state index in [9.17, 15) is 0 Å². The van der Waals surface area contributed by atoms with Crippen molar-refractivity contribution in [3.05, 3.63) is 278 Å². The van der Waals surface area contributed by atoms with Crippen LogP contribution in [0, 0.1) is 0 Å². The molecule has 0 atom stereocenters. The van der Waals surface area contributed by atoms with Crippen LogP contribution in [0.25, 0.3) is 5.57 Å². The van der Waals surface area contributed by atoms with Gasteiger partial charge in [0.1, 0.15) is 0 Å². The molecule has 1 nitrogen and oxygen atoms in total. The zero-order valence-electron chi connectivity index (χ0n) is 36.0. The maximum atomic E-state index is 5.44. The second-order valence-corrected chi connectivity index (χ2v) is 22.2. The van der Waals surface area contributed by atoms with Crippen LogP contribution in [-0.2, 0) is 6.54 Å². The Balaban J connectivity index is 1.07. The van der Waals surface area contributed by atoms with Crippen molar-refractivity contribution >= 4 is 82.8 Å². The van der Waals surface area contributed by atoms with Gasteiger partial charge in [-0.2, -0.15) is 0 Å². The molecule has 0 bridgehead atoms. The van der Waals surface area contributed by atoms with Gasteiger partial charge in [0, 0.05) is 0 Å². The van der Waals surface area contributed by atoms with Gasteiger partial charge in [0.05, 0.1) is 12.3 Å². The van der Waals surface area contributed by atoms with E-state index in [4.69, 9.17) is 4.99 Å². The number of hydrogen-bond donors (Lipinski definition) is 0. The minimum absolute atomic E-state index is 0.581. The Hall–Kier alpha value is -6.32. The van der Waals surface area contributed by atoms with Gasteiger partial charge in [0.15, 0.2) is 0 Å². The SMILES string of the molecule is CC/C(=C\C(=NCc1ccc(P(c2ccccc2)c2ccccc2)cc1)c1ccc(P(c2ccccc2)c2ccccc2)cc1)c1ccc(P(c2ccccc2)c2ccccc2)cc1. The molecule has 0 radical (unpaired) electrons. The normalized spacial score (nSPS) is 11.9. The van der Waals surface area contributed by atoms with Crippen LogP contribution in [0.15, 0.2) is 266 Å². The van der Waals surface area contributed by atoms with Gasteiger partial charge in [-0.25, -0.2) is 0 Å². The van der Waals surface area contributed by atoms with E-state index < -0.39 is 23.8 Å². The minimum atomic E-state index is -0.715. The van der Waals surface area contributed by atoms with E-state index in [1.807, 2.05) is 0 Å². The predicted octanol–water partition coefficient (Wildman–Crippen LogP) is 11.4. The summed E-state index contributed by atoms with van der Waals surface area (Å²) in [6, 6.07) is 93.2. The molecule has 9 aromatic carbocycles. The van der Waals surface area contributed by atoms with E-state index in [2.05, 4.69) is 268 Å². The molecule has 0 unspecified atom stereocenters. The van der Waals surface area contributed by atoms with Gasteiger partial charge in [-0.05, 0) is 106 Å². The van der Waals surface area contributed by atoms with Gasteiger partial charge >= 0.3 is 0 Å². The Morgan fingerprint density at radius 1 is 0.328 bits per heavy atom. The van der Waals surface area contributed by atoms with E-state index in [-0.39, 0.29) is 0 Å². The number of allylic oxidation sites excluding steroid dienone is 2. The first-order chi connectivity index (χ1) is 31.7. The fraction of sp³-hybridized carbons (Fsp3) is 0.0500. The molecule has 0 amide bonds. The molecule has 0 aliphatic heterocycles. The molecule has 9 rings (SSSR count). The van der Waals surface area contributed by atoms with Crippen molar-refractivity contribution < 1.29 is 0 Å². The highest BCUT2D eigenvalue weighted by Gasteiger charge is 2.19. The standard InChI is InChI=1S/C60H50NP3/c1-2-48(49-35-41-58(42-36-49)63(53-25-13-5-14-26-53)54-27-15-6-16-28-54)45-60(50-37-43-59(44-38-50)64(55-29-17-7-18-30-55)56-31-19-8-20-32-56)61-46-47-33-39-57(40-34-47)62(51-21-9-3-10-22-51)52-23-11-4-12-24-52/h3-45H,2,46H2,1H3/b48-45+,61-60?. The maximum absolute atomic E-state index is 5.44. The Labute approximate surface area is 383 Å². The summed E-state index contributed by atoms with van der Waals surface area (Å²) in [5.74, 6) is 0. The largest absolute Gasteiger partial charge is 0.280 e. The third-order valence-electron chi connectivity index (χ3n) is 11.3. The van der Waals surface area contributed by atoms with Gasteiger partial charge in [-0.15, -0.1) is 0 Å². The molecule has 0 heterocycles. The Morgan fingerprint density at radius 3 is 0.891 bits per heavy atom. The third-order valence-corrected chi connectivity index (χ3v) is 18.7. The molecule has 64 heavy (non-hydrogen) atoms. The summed E-state index contributed by atoms with van der Waals surface area (Å²) in [6.45, 7) is 2.84. The third kappa shape index (κ3) is 10.4. The molecular formula is C60H50NP3. The summed E-state index contributed by atoms with van der Waals surface area (Å²) in [5.41, 5.74) is 5.79. The number of hydrogen-bond acceptors (Lipinski definition) is 1. The quantitative estimate of drug-likeness (QED) is 0.0719. The van der Waals surface area contributed by atoms with Crippen LogP contribution >= 0.6 is 23.8 Å². The molecule has 310 valence electrons. The summed E-state index contributed by atoms with van der Waals surface area (Å²) in [7, 11) is -2.07. The predicted molar refractivity (Wildman–Crippen MR) is 284 cm³/mol. The summed E-state index contributed by atoms with van der Waals surface area (Å²) in [4.78, 5) is 5.44. The van der Waals surface area contributed by atoms with E-state index in [1.54, 1.807) is 0 Å². The molecule has 4 heteroatoms. The summed E-state index contributed by atoms with van der Waals surface area (Å²) in [5, 5.41) is 12.1. The number of nitrogens with zero attached hydrogens (tertiary/aromatic N) is 1. The number of aliphatic imine (C=N–C) groups is 1. The van der Waals surface area contributed by atoms with E-state index in [1.165, 1.54) is 64.4 Å². The first-order valence-electron chi connectivity index (χ1n) is 22.0. The molecule has 0 saturated heterocycles.